The van der Waals surface area contributed by atoms with Crippen molar-refractivity contribution < 1.29 is 13.9 Å². The van der Waals surface area contributed by atoms with Crippen LogP contribution in [0.5, 0.6) is 0 Å². The Bertz CT molecular complexity index is 616. The maximum Gasteiger partial charge on any atom is 0.342 e. The second-order valence-electron chi connectivity index (χ2n) is 3.77. The highest BCUT2D eigenvalue weighted by Crippen LogP contribution is 2.15. The minimum absolute atomic E-state index is 0.272. The summed E-state index contributed by atoms with van der Waals surface area (Å²) < 4.78 is 27.7. The monoisotopic (exact) mass is 269 g/mol. The fourth-order valence-electron chi connectivity index (χ4n) is 1.55. The molecule has 2 aromatic heterocycles. The van der Waals surface area contributed by atoms with Gasteiger partial charge in [0.1, 0.15) is 11.8 Å². The van der Waals surface area contributed by atoms with Gasteiger partial charge in [-0.15, -0.1) is 0 Å². The van der Waals surface area contributed by atoms with Gasteiger partial charge < -0.3 is 15.0 Å². The molecule has 8 nitrogen and oxygen atoms in total. The van der Waals surface area contributed by atoms with Crippen LogP contribution in [-0.2, 0) is 20.4 Å². The lowest BCUT2D eigenvalue weighted by atomic mass is 10.4. The first kappa shape index (κ1) is 12.7. The van der Waals surface area contributed by atoms with Gasteiger partial charge in [0.05, 0.1) is 19.0 Å². The van der Waals surface area contributed by atoms with Crippen LogP contribution in [0.15, 0.2) is 12.7 Å². The maximum atomic E-state index is 10.4. The Kier molecular flexibility index (Phi) is 3.69. The number of ether oxygens (including phenoxy) is 1. The lowest BCUT2D eigenvalue weighted by Crippen LogP contribution is -2.16. The number of imidazole rings is 1. The van der Waals surface area contributed by atoms with Gasteiger partial charge in [-0.2, -0.15) is 0 Å². The summed E-state index contributed by atoms with van der Waals surface area (Å²) in [5.74, 6) is 0.315. The van der Waals surface area contributed by atoms with Crippen LogP contribution in [0.25, 0.3) is 11.2 Å². The van der Waals surface area contributed by atoms with E-state index in [1.54, 1.807) is 17.8 Å². The number of aromatic nitrogens is 4. The zero-order valence-electron chi connectivity index (χ0n) is 9.68. The van der Waals surface area contributed by atoms with Crippen molar-refractivity contribution in [2.75, 3.05) is 12.1 Å². The molecule has 0 radical (unpaired) electrons. The van der Waals surface area contributed by atoms with E-state index in [-0.39, 0.29) is 12.5 Å². The summed E-state index contributed by atoms with van der Waals surface area (Å²) in [4.78, 5) is 12.0. The number of hydrogen-bond acceptors (Lipinski definition) is 7. The molecule has 0 saturated heterocycles. The Morgan fingerprint density at radius 3 is 2.94 bits per heavy atom. The summed E-state index contributed by atoms with van der Waals surface area (Å²) in [6, 6.07) is 0. The maximum absolute atomic E-state index is 10.4. The van der Waals surface area contributed by atoms with E-state index >= 15 is 0 Å². The van der Waals surface area contributed by atoms with Gasteiger partial charge in [0.2, 0.25) is 0 Å². The Hall–Kier alpha value is -1.79. The highest BCUT2D eigenvalue weighted by atomic mass is 31.1. The molecule has 2 aromatic rings. The van der Waals surface area contributed by atoms with E-state index in [0.29, 0.717) is 23.5 Å². The highest BCUT2D eigenvalue weighted by Gasteiger charge is 2.11. The van der Waals surface area contributed by atoms with Crippen molar-refractivity contribution in [2.45, 2.75) is 19.6 Å². The fraction of sp³-hybridized carbons (Fsp3) is 0.444. The molecule has 0 amide bonds. The average Bonchev–Trinajstić information content (AvgIpc) is 2.72. The van der Waals surface area contributed by atoms with Gasteiger partial charge in [-0.25, -0.2) is 24.1 Å². The smallest absolute Gasteiger partial charge is 0.342 e. The van der Waals surface area contributed by atoms with E-state index in [1.807, 2.05) is 0 Å². The lowest BCUT2D eigenvalue weighted by molar-refractivity contribution is 0.0868. The second-order valence-corrected chi connectivity index (χ2v) is 4.69. The third-order valence-corrected chi connectivity index (χ3v) is 2.71. The molecule has 96 valence electrons. The number of fused-ring (bicyclic) bond motifs is 1. The first-order chi connectivity index (χ1) is 8.58. The molecule has 0 aliphatic rings. The van der Waals surface area contributed by atoms with Crippen LogP contribution in [-0.4, -0.2) is 32.0 Å². The third kappa shape index (κ3) is 2.72. The molecule has 0 spiro atoms. The SMILES string of the molecule is CC(Cn1cnc2c(N)ncnc21)OCP(=O)=O. The largest absolute Gasteiger partial charge is 0.382 e. The number of nitrogens with zero attached hydrogens (tertiary/aromatic N) is 4. The van der Waals surface area contributed by atoms with Crippen LogP contribution in [0, 0.1) is 0 Å². The Morgan fingerprint density at radius 1 is 1.44 bits per heavy atom. The third-order valence-electron chi connectivity index (χ3n) is 2.35. The average molecular weight is 269 g/mol. The van der Waals surface area contributed by atoms with Gasteiger partial charge in [-0.05, 0) is 6.92 Å². The van der Waals surface area contributed by atoms with Crippen molar-refractivity contribution in [3.05, 3.63) is 12.7 Å². The topological polar surface area (TPSA) is 113 Å². The van der Waals surface area contributed by atoms with Gasteiger partial charge in [0.25, 0.3) is 0 Å². The normalized spacial score (nSPS) is 12.7. The molecule has 2 N–H and O–H groups in total. The lowest BCUT2D eigenvalue weighted by Gasteiger charge is -2.11. The highest BCUT2D eigenvalue weighted by molar-refractivity contribution is 7.30. The van der Waals surface area contributed by atoms with Crippen molar-refractivity contribution in [3.63, 3.8) is 0 Å². The van der Waals surface area contributed by atoms with Gasteiger partial charge in [0.15, 0.2) is 17.8 Å². The Balaban J connectivity index is 2.14. The molecule has 0 bridgehead atoms. The van der Waals surface area contributed by atoms with E-state index in [4.69, 9.17) is 10.5 Å². The van der Waals surface area contributed by atoms with Crippen LogP contribution in [0.1, 0.15) is 6.92 Å². The molecule has 2 heterocycles. The van der Waals surface area contributed by atoms with Gasteiger partial charge in [0, 0.05) is 0 Å². The Morgan fingerprint density at radius 2 is 2.22 bits per heavy atom. The molecule has 1 atom stereocenters. The van der Waals surface area contributed by atoms with Crippen molar-refractivity contribution in [3.8, 4) is 0 Å². The molecule has 0 aliphatic heterocycles. The summed E-state index contributed by atoms with van der Waals surface area (Å²) in [7, 11) is -2.53. The summed E-state index contributed by atoms with van der Waals surface area (Å²) in [5, 5.41) is 0. The molecule has 1 unspecified atom stereocenters. The van der Waals surface area contributed by atoms with Gasteiger partial charge >= 0.3 is 7.68 Å². The molecular formula is C9H12N5O3P. The molecule has 0 aliphatic carbocycles. The van der Waals surface area contributed by atoms with Crippen molar-refractivity contribution in [1.29, 1.82) is 0 Å². The van der Waals surface area contributed by atoms with Crippen LogP contribution in [0.3, 0.4) is 0 Å². The molecule has 0 saturated carbocycles. The zero-order chi connectivity index (χ0) is 13.1. The molecular weight excluding hydrogens is 257 g/mol. The molecule has 0 aromatic carbocycles. The minimum atomic E-state index is -2.53. The van der Waals surface area contributed by atoms with Crippen LogP contribution >= 0.6 is 7.68 Å². The first-order valence-corrected chi connectivity index (χ1v) is 6.59. The Labute approximate surface area is 103 Å². The minimum Gasteiger partial charge on any atom is -0.382 e. The van der Waals surface area contributed by atoms with Gasteiger partial charge in [-0.3, -0.25) is 0 Å². The first-order valence-electron chi connectivity index (χ1n) is 5.22. The standard InChI is InChI=1S/C9H12N5O3P/c1-6(17-5-18(15)16)2-14-4-13-7-8(10)11-3-12-9(7)14/h3-4,6H,2,5H2,1H3,(H2,10,11,12). The number of nitrogens with two attached hydrogens (primary N) is 1. The summed E-state index contributed by atoms with van der Waals surface area (Å²) in [6.45, 7) is 2.21. The number of nitrogen functional groups attached to an aromatic ring is 1. The molecule has 18 heavy (non-hydrogen) atoms. The fourth-order valence-corrected chi connectivity index (χ4v) is 1.93. The van der Waals surface area contributed by atoms with E-state index in [1.165, 1.54) is 6.33 Å². The van der Waals surface area contributed by atoms with E-state index in [0.717, 1.165) is 0 Å². The van der Waals surface area contributed by atoms with Crippen LogP contribution in [0.4, 0.5) is 5.82 Å². The van der Waals surface area contributed by atoms with Crippen LogP contribution < -0.4 is 5.73 Å². The van der Waals surface area contributed by atoms with E-state index < -0.39 is 7.68 Å². The quantitative estimate of drug-likeness (QED) is 0.803. The second kappa shape index (κ2) is 5.24. The number of anilines is 1. The van der Waals surface area contributed by atoms with E-state index in [9.17, 15) is 9.13 Å². The number of rotatable bonds is 5. The molecule has 0 fully saturated rings. The van der Waals surface area contributed by atoms with E-state index in [2.05, 4.69) is 15.0 Å². The summed E-state index contributed by atoms with van der Waals surface area (Å²) in [6.07, 6.45) is 2.37. The predicted octanol–water partition coefficient (Wildman–Crippen LogP) is 0.944. The molecule has 2 rings (SSSR count). The van der Waals surface area contributed by atoms with Crippen molar-refractivity contribution in [2.24, 2.45) is 0 Å². The summed E-state index contributed by atoms with van der Waals surface area (Å²) in [5.41, 5.74) is 6.79. The van der Waals surface area contributed by atoms with Gasteiger partial charge in [-0.1, -0.05) is 0 Å². The van der Waals surface area contributed by atoms with Crippen molar-refractivity contribution >= 4 is 24.7 Å². The van der Waals surface area contributed by atoms with Crippen LogP contribution in [0.2, 0.25) is 0 Å². The predicted molar refractivity (Wildman–Crippen MR) is 63.4 cm³/mol. The zero-order valence-corrected chi connectivity index (χ0v) is 10.6. The van der Waals surface area contributed by atoms with Crippen molar-refractivity contribution in [1.82, 2.24) is 19.5 Å². The summed E-state index contributed by atoms with van der Waals surface area (Å²) >= 11 is 0. The molecule has 9 heteroatoms. The number of hydrogen-bond donors (Lipinski definition) is 1.